The van der Waals surface area contributed by atoms with E-state index in [0.29, 0.717) is 6.54 Å². The van der Waals surface area contributed by atoms with Gasteiger partial charge in [-0.2, -0.15) is 5.10 Å². The number of rotatable bonds is 4. The molecule has 0 saturated heterocycles. The summed E-state index contributed by atoms with van der Waals surface area (Å²) in [6, 6.07) is 0. The van der Waals surface area contributed by atoms with Crippen LogP contribution < -0.4 is 5.43 Å². The summed E-state index contributed by atoms with van der Waals surface area (Å²) in [4.78, 5) is 0. The molecule has 0 aromatic rings. The summed E-state index contributed by atoms with van der Waals surface area (Å²) in [7, 11) is 0. The maximum Gasteiger partial charge on any atom is 0.0726 e. The first-order valence-electron chi connectivity index (χ1n) is 3.58. The molecular formula is C7H16N2O. The molecule has 60 valence electrons. The molecule has 0 bridgehead atoms. The molecule has 0 radical (unpaired) electrons. The molecule has 0 heterocycles. The van der Waals surface area contributed by atoms with Crippen LogP contribution in [-0.2, 0) is 0 Å². The second kappa shape index (κ2) is 5.23. The minimum Gasteiger partial charge on any atom is -0.391 e. The van der Waals surface area contributed by atoms with E-state index in [0.717, 1.165) is 12.1 Å². The van der Waals surface area contributed by atoms with Crippen molar-refractivity contribution in [1.29, 1.82) is 0 Å². The van der Waals surface area contributed by atoms with Crippen LogP contribution in [0.2, 0.25) is 0 Å². The number of aliphatic hydroxyl groups excluding tert-OH is 1. The molecule has 0 aromatic carbocycles. The monoisotopic (exact) mass is 144 g/mol. The summed E-state index contributed by atoms with van der Waals surface area (Å²) in [6.45, 7) is 6.30. The Labute approximate surface area is 62.1 Å². The van der Waals surface area contributed by atoms with Crippen molar-refractivity contribution in [2.24, 2.45) is 5.10 Å². The first-order valence-corrected chi connectivity index (χ1v) is 3.58. The Morgan fingerprint density at radius 1 is 1.60 bits per heavy atom. The lowest BCUT2D eigenvalue weighted by Crippen LogP contribution is -2.22. The molecule has 0 amide bonds. The van der Waals surface area contributed by atoms with Crippen molar-refractivity contribution in [1.82, 2.24) is 5.43 Å². The molecule has 0 aliphatic heterocycles. The molecule has 0 aromatic heterocycles. The molecule has 0 fully saturated rings. The Morgan fingerprint density at radius 2 is 2.20 bits per heavy atom. The standard InChI is InChI=1S/C7H16N2O/c1-4-7(10)5-8-9-6(2)3/h7-8,10H,4-5H2,1-3H3. The Morgan fingerprint density at radius 3 is 2.60 bits per heavy atom. The summed E-state index contributed by atoms with van der Waals surface area (Å²) in [5, 5.41) is 13.0. The normalized spacial score (nSPS) is 12.4. The molecule has 1 atom stereocenters. The van der Waals surface area contributed by atoms with E-state index in [1.165, 1.54) is 0 Å². The zero-order valence-corrected chi connectivity index (χ0v) is 6.89. The van der Waals surface area contributed by atoms with Gasteiger partial charge in [0.15, 0.2) is 0 Å². The van der Waals surface area contributed by atoms with Crippen LogP contribution in [0.4, 0.5) is 0 Å². The van der Waals surface area contributed by atoms with E-state index in [1.54, 1.807) is 0 Å². The third-order valence-electron chi connectivity index (χ3n) is 1.10. The second-order valence-electron chi connectivity index (χ2n) is 2.48. The Balaban J connectivity index is 3.28. The van der Waals surface area contributed by atoms with Gasteiger partial charge in [-0.25, -0.2) is 0 Å². The van der Waals surface area contributed by atoms with E-state index in [2.05, 4.69) is 10.5 Å². The van der Waals surface area contributed by atoms with Gasteiger partial charge < -0.3 is 10.5 Å². The van der Waals surface area contributed by atoms with Gasteiger partial charge in [-0.15, -0.1) is 0 Å². The highest BCUT2D eigenvalue weighted by Gasteiger charge is 1.96. The van der Waals surface area contributed by atoms with Gasteiger partial charge in [-0.1, -0.05) is 6.92 Å². The van der Waals surface area contributed by atoms with Gasteiger partial charge in [-0.3, -0.25) is 0 Å². The molecule has 0 saturated carbocycles. The zero-order chi connectivity index (χ0) is 7.98. The van der Waals surface area contributed by atoms with Crippen LogP contribution in [0.15, 0.2) is 5.10 Å². The second-order valence-corrected chi connectivity index (χ2v) is 2.48. The largest absolute Gasteiger partial charge is 0.391 e. The third kappa shape index (κ3) is 5.56. The predicted molar refractivity (Wildman–Crippen MR) is 43.1 cm³/mol. The number of hydrogen-bond donors (Lipinski definition) is 2. The summed E-state index contributed by atoms with van der Waals surface area (Å²) in [5.74, 6) is 0. The first-order chi connectivity index (χ1) is 4.66. The van der Waals surface area contributed by atoms with E-state index in [1.807, 2.05) is 20.8 Å². The maximum absolute atomic E-state index is 9.04. The smallest absolute Gasteiger partial charge is 0.0726 e. The van der Waals surface area contributed by atoms with E-state index in [4.69, 9.17) is 5.11 Å². The first kappa shape index (κ1) is 9.43. The number of aliphatic hydroxyl groups is 1. The van der Waals surface area contributed by atoms with Crippen molar-refractivity contribution >= 4 is 5.71 Å². The predicted octanol–water partition coefficient (Wildman–Crippen LogP) is 0.743. The fraction of sp³-hybridized carbons (Fsp3) is 0.857. The molecule has 3 heteroatoms. The van der Waals surface area contributed by atoms with Crippen molar-refractivity contribution in [3.05, 3.63) is 0 Å². The minimum absolute atomic E-state index is 0.275. The van der Waals surface area contributed by atoms with E-state index >= 15 is 0 Å². The molecule has 0 rings (SSSR count). The van der Waals surface area contributed by atoms with Crippen LogP contribution in [0, 0.1) is 0 Å². The quantitative estimate of drug-likeness (QED) is 0.451. The molecule has 0 aliphatic carbocycles. The summed E-state index contributed by atoms with van der Waals surface area (Å²) in [6.07, 6.45) is 0.494. The molecule has 1 unspecified atom stereocenters. The van der Waals surface area contributed by atoms with Crippen LogP contribution >= 0.6 is 0 Å². The summed E-state index contributed by atoms with van der Waals surface area (Å²) < 4.78 is 0. The van der Waals surface area contributed by atoms with Gasteiger partial charge in [0, 0.05) is 5.71 Å². The lowest BCUT2D eigenvalue weighted by atomic mass is 10.3. The van der Waals surface area contributed by atoms with Crippen LogP contribution in [0.5, 0.6) is 0 Å². The Bertz CT molecular complexity index is 108. The molecule has 0 aliphatic rings. The molecule has 2 N–H and O–H groups in total. The van der Waals surface area contributed by atoms with Crippen molar-refractivity contribution in [2.75, 3.05) is 6.54 Å². The Hall–Kier alpha value is -0.570. The van der Waals surface area contributed by atoms with Gasteiger partial charge in [0.05, 0.1) is 12.6 Å². The van der Waals surface area contributed by atoms with Crippen molar-refractivity contribution in [2.45, 2.75) is 33.3 Å². The van der Waals surface area contributed by atoms with E-state index < -0.39 is 0 Å². The van der Waals surface area contributed by atoms with E-state index in [9.17, 15) is 0 Å². The topological polar surface area (TPSA) is 44.6 Å². The average Bonchev–Trinajstić information content (AvgIpc) is 1.87. The maximum atomic E-state index is 9.04. The van der Waals surface area contributed by atoms with Gasteiger partial charge in [0.25, 0.3) is 0 Å². The number of nitrogens with zero attached hydrogens (tertiary/aromatic N) is 1. The summed E-state index contributed by atoms with van der Waals surface area (Å²) in [5.41, 5.74) is 3.75. The van der Waals surface area contributed by atoms with Gasteiger partial charge in [0.2, 0.25) is 0 Å². The van der Waals surface area contributed by atoms with Gasteiger partial charge in [0.1, 0.15) is 0 Å². The van der Waals surface area contributed by atoms with E-state index in [-0.39, 0.29) is 6.10 Å². The minimum atomic E-state index is -0.275. The highest BCUT2D eigenvalue weighted by molar-refractivity contribution is 5.78. The zero-order valence-electron chi connectivity index (χ0n) is 6.89. The van der Waals surface area contributed by atoms with Crippen LogP contribution in [0.25, 0.3) is 0 Å². The van der Waals surface area contributed by atoms with Gasteiger partial charge in [-0.05, 0) is 20.3 Å². The number of hydrogen-bond acceptors (Lipinski definition) is 3. The molecule has 3 nitrogen and oxygen atoms in total. The van der Waals surface area contributed by atoms with Gasteiger partial charge >= 0.3 is 0 Å². The highest BCUT2D eigenvalue weighted by Crippen LogP contribution is 1.85. The fourth-order valence-corrected chi connectivity index (χ4v) is 0.453. The fourth-order valence-electron chi connectivity index (χ4n) is 0.453. The average molecular weight is 144 g/mol. The third-order valence-corrected chi connectivity index (χ3v) is 1.10. The summed E-state index contributed by atoms with van der Waals surface area (Å²) >= 11 is 0. The lowest BCUT2D eigenvalue weighted by Gasteiger charge is -2.05. The Kier molecular flexibility index (Phi) is 4.94. The molecular weight excluding hydrogens is 128 g/mol. The van der Waals surface area contributed by atoms with Crippen LogP contribution in [0.1, 0.15) is 27.2 Å². The van der Waals surface area contributed by atoms with Crippen LogP contribution in [0.3, 0.4) is 0 Å². The number of nitrogens with one attached hydrogen (secondary N) is 1. The highest BCUT2D eigenvalue weighted by atomic mass is 16.3. The molecule has 0 spiro atoms. The SMILES string of the molecule is CCC(O)CNN=C(C)C. The lowest BCUT2D eigenvalue weighted by molar-refractivity contribution is 0.168. The van der Waals surface area contributed by atoms with Crippen LogP contribution in [-0.4, -0.2) is 23.5 Å². The van der Waals surface area contributed by atoms with Crippen molar-refractivity contribution in [3.63, 3.8) is 0 Å². The van der Waals surface area contributed by atoms with Crippen molar-refractivity contribution < 1.29 is 5.11 Å². The number of hydrazone groups is 1. The van der Waals surface area contributed by atoms with Crippen molar-refractivity contribution in [3.8, 4) is 0 Å². The molecule has 10 heavy (non-hydrogen) atoms.